The van der Waals surface area contributed by atoms with E-state index in [-0.39, 0.29) is 11.9 Å². The summed E-state index contributed by atoms with van der Waals surface area (Å²) < 4.78 is 5.17. The summed E-state index contributed by atoms with van der Waals surface area (Å²) in [7, 11) is 1.69. The van der Waals surface area contributed by atoms with Crippen LogP contribution in [0.4, 0.5) is 0 Å². The molecular weight excluding hydrogens is 176 g/mol. The Hall–Kier alpha value is -1.15. The van der Waals surface area contributed by atoms with Gasteiger partial charge in [0.2, 0.25) is 0 Å². The highest BCUT2D eigenvalue weighted by Gasteiger charge is 2.04. The lowest BCUT2D eigenvalue weighted by Gasteiger charge is -2.09. The Morgan fingerprint density at radius 2 is 2.21 bits per heavy atom. The van der Waals surface area contributed by atoms with Gasteiger partial charge in [-0.2, -0.15) is 0 Å². The van der Waals surface area contributed by atoms with Crippen LogP contribution in [0.1, 0.15) is 29.8 Å². The van der Waals surface area contributed by atoms with Crippen molar-refractivity contribution < 1.29 is 9.53 Å². The Bertz CT molecular complexity index is 318. The average molecular weight is 192 g/mol. The summed E-state index contributed by atoms with van der Waals surface area (Å²) in [6, 6.07) is 7.69. The standard InChI is InChI=1S/C12H16O2/c1-9(14-3)7-11-5-4-6-12(8-11)10(2)13/h4-6,8-9H,7H2,1-3H3. The van der Waals surface area contributed by atoms with E-state index >= 15 is 0 Å². The van der Waals surface area contributed by atoms with E-state index in [1.807, 2.05) is 31.2 Å². The summed E-state index contributed by atoms with van der Waals surface area (Å²) in [6.45, 7) is 3.60. The van der Waals surface area contributed by atoms with Crippen molar-refractivity contribution in [3.8, 4) is 0 Å². The molecule has 0 amide bonds. The van der Waals surface area contributed by atoms with Crippen LogP contribution < -0.4 is 0 Å². The number of benzene rings is 1. The molecule has 76 valence electrons. The van der Waals surface area contributed by atoms with Crippen LogP contribution >= 0.6 is 0 Å². The molecule has 0 aromatic heterocycles. The molecule has 0 aliphatic heterocycles. The smallest absolute Gasteiger partial charge is 0.159 e. The minimum atomic E-state index is 0.108. The second-order valence-electron chi connectivity index (χ2n) is 3.51. The van der Waals surface area contributed by atoms with Crippen molar-refractivity contribution in [2.45, 2.75) is 26.4 Å². The summed E-state index contributed by atoms with van der Waals surface area (Å²) >= 11 is 0. The van der Waals surface area contributed by atoms with Crippen molar-refractivity contribution in [2.24, 2.45) is 0 Å². The third kappa shape index (κ3) is 2.96. The number of carbonyl (C=O) groups is 1. The summed E-state index contributed by atoms with van der Waals surface area (Å²) in [5.74, 6) is 0.108. The minimum absolute atomic E-state index is 0.108. The monoisotopic (exact) mass is 192 g/mol. The van der Waals surface area contributed by atoms with Gasteiger partial charge in [-0.25, -0.2) is 0 Å². The fourth-order valence-corrected chi connectivity index (χ4v) is 1.33. The minimum Gasteiger partial charge on any atom is -0.381 e. The maximum atomic E-state index is 11.1. The van der Waals surface area contributed by atoms with Crippen LogP contribution in [0.3, 0.4) is 0 Å². The van der Waals surface area contributed by atoms with Gasteiger partial charge >= 0.3 is 0 Å². The number of ether oxygens (including phenoxy) is 1. The van der Waals surface area contributed by atoms with Gasteiger partial charge in [-0.3, -0.25) is 4.79 Å². The molecule has 0 aliphatic carbocycles. The molecule has 0 bridgehead atoms. The lowest BCUT2D eigenvalue weighted by atomic mass is 10.0. The van der Waals surface area contributed by atoms with Crippen molar-refractivity contribution in [3.05, 3.63) is 35.4 Å². The number of carbonyl (C=O) groups excluding carboxylic acids is 1. The van der Waals surface area contributed by atoms with Crippen molar-refractivity contribution in [2.75, 3.05) is 7.11 Å². The molecule has 0 heterocycles. The predicted molar refractivity (Wildman–Crippen MR) is 56.6 cm³/mol. The Morgan fingerprint density at radius 1 is 1.50 bits per heavy atom. The molecule has 0 saturated carbocycles. The van der Waals surface area contributed by atoms with Crippen LogP contribution in [0, 0.1) is 0 Å². The maximum Gasteiger partial charge on any atom is 0.159 e. The first-order valence-corrected chi connectivity index (χ1v) is 4.76. The van der Waals surface area contributed by atoms with E-state index in [2.05, 4.69) is 0 Å². The van der Waals surface area contributed by atoms with Gasteiger partial charge in [0.05, 0.1) is 6.10 Å². The Morgan fingerprint density at radius 3 is 2.79 bits per heavy atom. The number of hydrogen-bond acceptors (Lipinski definition) is 2. The largest absolute Gasteiger partial charge is 0.381 e. The highest BCUT2D eigenvalue weighted by molar-refractivity contribution is 5.94. The summed E-state index contributed by atoms with van der Waals surface area (Å²) in [6.07, 6.45) is 1.04. The third-order valence-corrected chi connectivity index (χ3v) is 2.26. The molecule has 1 aromatic carbocycles. The van der Waals surface area contributed by atoms with E-state index in [0.29, 0.717) is 0 Å². The van der Waals surface area contributed by atoms with E-state index in [1.165, 1.54) is 0 Å². The summed E-state index contributed by atoms with van der Waals surface area (Å²) in [4.78, 5) is 11.1. The molecule has 0 N–H and O–H groups in total. The number of hydrogen-bond donors (Lipinski definition) is 0. The zero-order valence-corrected chi connectivity index (χ0v) is 8.91. The molecule has 2 heteroatoms. The molecule has 0 radical (unpaired) electrons. The zero-order chi connectivity index (χ0) is 10.6. The molecule has 14 heavy (non-hydrogen) atoms. The van der Waals surface area contributed by atoms with E-state index in [0.717, 1.165) is 17.5 Å². The van der Waals surface area contributed by atoms with Gasteiger partial charge in [-0.15, -0.1) is 0 Å². The van der Waals surface area contributed by atoms with Gasteiger partial charge in [0.25, 0.3) is 0 Å². The number of methoxy groups -OCH3 is 1. The normalized spacial score (nSPS) is 12.5. The Labute approximate surface area is 84.9 Å². The van der Waals surface area contributed by atoms with Crippen molar-refractivity contribution >= 4 is 5.78 Å². The van der Waals surface area contributed by atoms with Gasteiger partial charge in [-0.05, 0) is 31.9 Å². The Balaban J connectivity index is 2.78. The van der Waals surface area contributed by atoms with Crippen LogP contribution in [-0.2, 0) is 11.2 Å². The maximum absolute atomic E-state index is 11.1. The average Bonchev–Trinajstić information content (AvgIpc) is 2.18. The molecule has 1 unspecified atom stereocenters. The summed E-state index contributed by atoms with van der Waals surface area (Å²) in [5, 5.41) is 0. The van der Waals surface area contributed by atoms with Gasteiger partial charge in [0.15, 0.2) is 5.78 Å². The van der Waals surface area contributed by atoms with Crippen molar-refractivity contribution in [3.63, 3.8) is 0 Å². The van der Waals surface area contributed by atoms with Crippen LogP contribution in [-0.4, -0.2) is 19.0 Å². The van der Waals surface area contributed by atoms with E-state index < -0.39 is 0 Å². The zero-order valence-electron chi connectivity index (χ0n) is 8.91. The fraction of sp³-hybridized carbons (Fsp3) is 0.417. The molecule has 0 fully saturated rings. The fourth-order valence-electron chi connectivity index (χ4n) is 1.33. The van der Waals surface area contributed by atoms with Crippen LogP contribution in [0.15, 0.2) is 24.3 Å². The van der Waals surface area contributed by atoms with Gasteiger partial charge < -0.3 is 4.74 Å². The molecule has 0 spiro atoms. The first-order chi connectivity index (χ1) is 6.63. The molecule has 1 atom stereocenters. The van der Waals surface area contributed by atoms with Gasteiger partial charge in [0, 0.05) is 12.7 Å². The van der Waals surface area contributed by atoms with Crippen LogP contribution in [0.5, 0.6) is 0 Å². The predicted octanol–water partition coefficient (Wildman–Crippen LogP) is 2.47. The van der Waals surface area contributed by atoms with Crippen LogP contribution in [0.2, 0.25) is 0 Å². The number of rotatable bonds is 4. The molecule has 1 aromatic rings. The number of Topliss-reactive ketones (excluding diaryl/α,β-unsaturated/α-hetero) is 1. The lowest BCUT2D eigenvalue weighted by Crippen LogP contribution is -2.08. The second-order valence-corrected chi connectivity index (χ2v) is 3.51. The molecule has 0 aliphatic rings. The third-order valence-electron chi connectivity index (χ3n) is 2.26. The van der Waals surface area contributed by atoms with Crippen molar-refractivity contribution in [1.82, 2.24) is 0 Å². The quantitative estimate of drug-likeness (QED) is 0.685. The van der Waals surface area contributed by atoms with E-state index in [4.69, 9.17) is 4.74 Å². The lowest BCUT2D eigenvalue weighted by molar-refractivity contribution is 0.101. The first kappa shape index (κ1) is 10.9. The molecule has 0 saturated heterocycles. The van der Waals surface area contributed by atoms with E-state index in [1.54, 1.807) is 14.0 Å². The molecular formula is C12H16O2. The van der Waals surface area contributed by atoms with Gasteiger partial charge in [0.1, 0.15) is 0 Å². The highest BCUT2D eigenvalue weighted by atomic mass is 16.5. The Kier molecular flexibility index (Phi) is 3.84. The highest BCUT2D eigenvalue weighted by Crippen LogP contribution is 2.09. The van der Waals surface area contributed by atoms with Crippen LogP contribution in [0.25, 0.3) is 0 Å². The molecule has 2 nitrogen and oxygen atoms in total. The van der Waals surface area contributed by atoms with Gasteiger partial charge in [-0.1, -0.05) is 18.2 Å². The topological polar surface area (TPSA) is 26.3 Å². The first-order valence-electron chi connectivity index (χ1n) is 4.76. The van der Waals surface area contributed by atoms with E-state index in [9.17, 15) is 4.79 Å². The van der Waals surface area contributed by atoms with Crippen molar-refractivity contribution in [1.29, 1.82) is 0 Å². The SMILES string of the molecule is COC(C)Cc1cccc(C(C)=O)c1. The second kappa shape index (κ2) is 4.91. The molecule has 1 rings (SSSR count). The summed E-state index contributed by atoms with van der Waals surface area (Å²) in [5.41, 5.74) is 1.91. The number of ketones is 1.